The predicted octanol–water partition coefficient (Wildman–Crippen LogP) is 2.16. The van der Waals surface area contributed by atoms with E-state index in [1.165, 1.54) is 11.9 Å². The van der Waals surface area contributed by atoms with Crippen molar-refractivity contribution in [1.29, 1.82) is 0 Å². The molecular formula is C17H21N5O2. The van der Waals surface area contributed by atoms with Gasteiger partial charge in [-0.05, 0) is 15.5 Å². The molecule has 0 saturated carbocycles. The molecule has 2 aromatic rings. The zero-order valence-electron chi connectivity index (χ0n) is 13.7. The van der Waals surface area contributed by atoms with Crippen molar-refractivity contribution < 1.29 is 4.92 Å². The molecule has 3 rings (SSSR count). The van der Waals surface area contributed by atoms with Gasteiger partial charge in [-0.3, -0.25) is 9.47 Å². The lowest BCUT2D eigenvalue weighted by atomic mass is 10.2. The fraction of sp³-hybridized carbons (Fsp3) is 0.353. The Morgan fingerprint density at radius 2 is 1.92 bits per heavy atom. The van der Waals surface area contributed by atoms with E-state index < -0.39 is 4.92 Å². The Morgan fingerprint density at radius 3 is 2.58 bits per heavy atom. The van der Waals surface area contributed by atoms with E-state index in [-0.39, 0.29) is 5.82 Å². The fourth-order valence-corrected chi connectivity index (χ4v) is 2.95. The van der Waals surface area contributed by atoms with E-state index in [9.17, 15) is 10.1 Å². The van der Waals surface area contributed by atoms with Gasteiger partial charge in [-0.2, -0.15) is 0 Å². The maximum Gasteiger partial charge on any atom is 0.406 e. The maximum absolute atomic E-state index is 11.1. The number of piperazine rings is 1. The molecule has 0 spiro atoms. The molecule has 0 N–H and O–H groups in total. The van der Waals surface area contributed by atoms with E-state index in [2.05, 4.69) is 34.2 Å². The number of aromatic nitrogens is 2. The SMILES string of the molecule is Cn1cnc([N+](=O)[O-])c1N1CCN(C/C=C/c2ccccc2)CC1. The van der Waals surface area contributed by atoms with Crippen LogP contribution in [0.2, 0.25) is 0 Å². The van der Waals surface area contributed by atoms with Gasteiger partial charge in [-0.1, -0.05) is 42.5 Å². The van der Waals surface area contributed by atoms with Crippen molar-refractivity contribution in [3.05, 3.63) is 58.4 Å². The molecule has 1 aliphatic heterocycles. The number of nitrogens with zero attached hydrogens (tertiary/aromatic N) is 5. The van der Waals surface area contributed by atoms with Gasteiger partial charge in [-0.25, -0.2) is 0 Å². The zero-order chi connectivity index (χ0) is 16.9. The molecule has 7 heteroatoms. The molecule has 1 fully saturated rings. The standard InChI is InChI=1S/C17H21N5O2/c1-19-14-18-16(22(23)24)17(19)21-12-10-20(11-13-21)9-5-8-15-6-3-2-4-7-15/h2-8,14H,9-13H2,1H3/b8-5+. The van der Waals surface area contributed by atoms with Gasteiger partial charge in [0, 0.05) is 39.8 Å². The highest BCUT2D eigenvalue weighted by atomic mass is 16.6. The van der Waals surface area contributed by atoms with Gasteiger partial charge in [0.2, 0.25) is 12.1 Å². The number of imidazole rings is 1. The van der Waals surface area contributed by atoms with Crippen LogP contribution in [0, 0.1) is 10.1 Å². The lowest BCUT2D eigenvalue weighted by Gasteiger charge is -2.34. The largest absolute Gasteiger partial charge is 0.406 e. The summed E-state index contributed by atoms with van der Waals surface area (Å²) in [5, 5.41) is 11.1. The minimum atomic E-state index is -0.412. The van der Waals surface area contributed by atoms with Crippen LogP contribution in [0.1, 0.15) is 5.56 Å². The molecule has 7 nitrogen and oxygen atoms in total. The van der Waals surface area contributed by atoms with Crippen molar-refractivity contribution in [3.8, 4) is 0 Å². The quantitative estimate of drug-likeness (QED) is 0.622. The van der Waals surface area contributed by atoms with Crippen LogP contribution in [-0.2, 0) is 7.05 Å². The van der Waals surface area contributed by atoms with Gasteiger partial charge < -0.3 is 15.0 Å². The van der Waals surface area contributed by atoms with E-state index in [1.54, 1.807) is 11.6 Å². The molecule has 0 radical (unpaired) electrons. The molecule has 2 heterocycles. The molecule has 0 amide bonds. The molecule has 0 aliphatic carbocycles. The minimum absolute atomic E-state index is 0.0603. The average molecular weight is 327 g/mol. The second kappa shape index (κ2) is 7.27. The first kappa shape index (κ1) is 16.2. The summed E-state index contributed by atoms with van der Waals surface area (Å²) >= 11 is 0. The van der Waals surface area contributed by atoms with Gasteiger partial charge in [0.25, 0.3) is 0 Å². The normalized spacial score (nSPS) is 16.0. The molecule has 1 aliphatic rings. The zero-order valence-corrected chi connectivity index (χ0v) is 13.7. The minimum Gasteiger partial charge on any atom is -0.358 e. The number of aryl methyl sites for hydroxylation is 1. The highest BCUT2D eigenvalue weighted by Gasteiger charge is 2.27. The van der Waals surface area contributed by atoms with Crippen molar-refractivity contribution in [2.24, 2.45) is 7.05 Å². The van der Waals surface area contributed by atoms with Crippen LogP contribution < -0.4 is 4.90 Å². The highest BCUT2D eigenvalue weighted by molar-refractivity contribution is 5.55. The Hall–Kier alpha value is -2.67. The molecule has 126 valence electrons. The summed E-state index contributed by atoms with van der Waals surface area (Å²) in [6, 6.07) is 10.2. The molecule has 24 heavy (non-hydrogen) atoms. The molecule has 0 bridgehead atoms. The summed E-state index contributed by atoms with van der Waals surface area (Å²) in [4.78, 5) is 19.0. The lowest BCUT2D eigenvalue weighted by Crippen LogP contribution is -2.47. The average Bonchev–Trinajstić information content (AvgIpc) is 2.98. The van der Waals surface area contributed by atoms with E-state index in [1.807, 2.05) is 23.1 Å². The Balaban J connectivity index is 1.56. The summed E-state index contributed by atoms with van der Waals surface area (Å²) in [5.41, 5.74) is 1.20. The third-order valence-corrected chi connectivity index (χ3v) is 4.21. The summed E-state index contributed by atoms with van der Waals surface area (Å²) in [6.07, 6.45) is 5.79. The second-order valence-corrected chi connectivity index (χ2v) is 5.86. The summed E-state index contributed by atoms with van der Waals surface area (Å²) < 4.78 is 1.73. The first-order valence-electron chi connectivity index (χ1n) is 8.00. The second-order valence-electron chi connectivity index (χ2n) is 5.86. The van der Waals surface area contributed by atoms with Gasteiger partial charge in [0.1, 0.15) is 0 Å². The monoisotopic (exact) mass is 327 g/mol. The molecule has 1 aromatic heterocycles. The van der Waals surface area contributed by atoms with Gasteiger partial charge in [0.15, 0.2) is 0 Å². The molecular weight excluding hydrogens is 306 g/mol. The number of anilines is 1. The Kier molecular flexibility index (Phi) is 4.90. The van der Waals surface area contributed by atoms with E-state index >= 15 is 0 Å². The van der Waals surface area contributed by atoms with Gasteiger partial charge in [-0.15, -0.1) is 0 Å². The molecule has 1 aromatic carbocycles. The van der Waals surface area contributed by atoms with E-state index in [0.29, 0.717) is 5.82 Å². The van der Waals surface area contributed by atoms with Crippen LogP contribution >= 0.6 is 0 Å². The summed E-state index contributed by atoms with van der Waals surface area (Å²) in [5.74, 6) is 0.536. The Labute approximate surface area is 141 Å². The number of nitro groups is 1. The smallest absolute Gasteiger partial charge is 0.358 e. The van der Waals surface area contributed by atoms with E-state index in [4.69, 9.17) is 0 Å². The van der Waals surface area contributed by atoms with Crippen molar-refractivity contribution in [2.45, 2.75) is 0 Å². The van der Waals surface area contributed by atoms with Crippen LogP contribution in [-0.4, -0.2) is 52.1 Å². The van der Waals surface area contributed by atoms with Crippen LogP contribution in [0.15, 0.2) is 42.7 Å². The van der Waals surface area contributed by atoms with Crippen molar-refractivity contribution >= 4 is 17.7 Å². The van der Waals surface area contributed by atoms with Crippen molar-refractivity contribution in [1.82, 2.24) is 14.5 Å². The summed E-state index contributed by atoms with van der Waals surface area (Å²) in [7, 11) is 1.80. The number of rotatable bonds is 5. The molecule has 1 saturated heterocycles. The van der Waals surface area contributed by atoms with E-state index in [0.717, 1.165) is 32.7 Å². The van der Waals surface area contributed by atoms with Crippen LogP contribution in [0.5, 0.6) is 0 Å². The number of hydrogen-bond donors (Lipinski definition) is 0. The van der Waals surface area contributed by atoms with Crippen LogP contribution in [0.3, 0.4) is 0 Å². The van der Waals surface area contributed by atoms with Crippen molar-refractivity contribution in [2.75, 3.05) is 37.6 Å². The third kappa shape index (κ3) is 3.62. The first-order chi connectivity index (χ1) is 11.6. The van der Waals surface area contributed by atoms with Crippen molar-refractivity contribution in [3.63, 3.8) is 0 Å². The number of benzene rings is 1. The highest BCUT2D eigenvalue weighted by Crippen LogP contribution is 2.26. The molecule has 0 unspecified atom stereocenters. The Bertz CT molecular complexity index is 718. The maximum atomic E-state index is 11.1. The lowest BCUT2D eigenvalue weighted by molar-refractivity contribution is -0.388. The number of hydrogen-bond acceptors (Lipinski definition) is 5. The topological polar surface area (TPSA) is 67.4 Å². The van der Waals surface area contributed by atoms with Gasteiger partial charge >= 0.3 is 5.82 Å². The third-order valence-electron chi connectivity index (χ3n) is 4.21. The fourth-order valence-electron chi connectivity index (χ4n) is 2.95. The first-order valence-corrected chi connectivity index (χ1v) is 8.00. The van der Waals surface area contributed by atoms with Gasteiger partial charge in [0.05, 0.1) is 0 Å². The predicted molar refractivity (Wildman–Crippen MR) is 94.0 cm³/mol. The van der Waals surface area contributed by atoms with Crippen LogP contribution in [0.4, 0.5) is 11.6 Å². The summed E-state index contributed by atoms with van der Waals surface area (Å²) in [6.45, 7) is 4.16. The molecule has 0 atom stereocenters. The van der Waals surface area contributed by atoms with Crippen LogP contribution in [0.25, 0.3) is 6.08 Å². The Morgan fingerprint density at radius 1 is 1.21 bits per heavy atom.